The van der Waals surface area contributed by atoms with E-state index in [0.717, 1.165) is 0 Å². The van der Waals surface area contributed by atoms with Crippen molar-refractivity contribution < 1.29 is 32.9 Å². The predicted octanol–water partition coefficient (Wildman–Crippen LogP) is 5.43. The molecule has 0 aliphatic rings. The van der Waals surface area contributed by atoms with Crippen LogP contribution in [-0.4, -0.2) is 43.4 Å². The van der Waals surface area contributed by atoms with Crippen LogP contribution in [0.3, 0.4) is 0 Å². The van der Waals surface area contributed by atoms with Crippen molar-refractivity contribution in [2.75, 3.05) is 27.5 Å². The molecule has 3 aromatic rings. The monoisotopic (exact) mass is 485 g/mol. The lowest BCUT2D eigenvalue weighted by Crippen LogP contribution is -2.24. The van der Waals surface area contributed by atoms with E-state index in [2.05, 4.69) is 4.98 Å². The van der Waals surface area contributed by atoms with Gasteiger partial charge in [-0.05, 0) is 74.4 Å². The van der Waals surface area contributed by atoms with Crippen molar-refractivity contribution in [3.8, 4) is 28.5 Å². The van der Waals surface area contributed by atoms with E-state index in [-0.39, 0.29) is 31.0 Å². The Morgan fingerprint density at radius 3 is 2.40 bits per heavy atom. The number of alkyl halides is 1. The first-order valence-electron chi connectivity index (χ1n) is 11.1. The third kappa shape index (κ3) is 6.14. The van der Waals surface area contributed by atoms with Gasteiger partial charge in [-0.3, -0.25) is 4.79 Å². The fourth-order valence-corrected chi connectivity index (χ4v) is 3.65. The Hall–Kier alpha value is -3.52. The van der Waals surface area contributed by atoms with Crippen LogP contribution in [0.2, 0.25) is 0 Å². The number of methoxy groups -OCH3 is 2. The molecule has 1 N–H and O–H groups in total. The Bertz CT molecular complexity index is 1200. The smallest absolute Gasteiger partial charge is 0.163 e. The molecule has 1 aromatic heterocycles. The SMILES string of the molecule is COc1cc(C(=O)CC[C@@](C)(O)c2ccc(OC)c(-c3ccc(F)c(C)c3)n2)ccc1OCCF. The van der Waals surface area contributed by atoms with Crippen molar-refractivity contribution in [3.63, 3.8) is 0 Å². The molecule has 35 heavy (non-hydrogen) atoms. The number of hydrogen-bond donors (Lipinski definition) is 1. The van der Waals surface area contributed by atoms with Gasteiger partial charge in [0.15, 0.2) is 17.3 Å². The van der Waals surface area contributed by atoms with Gasteiger partial charge in [0.05, 0.1) is 19.9 Å². The van der Waals surface area contributed by atoms with Crippen LogP contribution in [0.4, 0.5) is 8.78 Å². The molecule has 0 saturated carbocycles. The van der Waals surface area contributed by atoms with Gasteiger partial charge < -0.3 is 19.3 Å². The number of aromatic nitrogens is 1. The summed E-state index contributed by atoms with van der Waals surface area (Å²) in [5.41, 5.74) is 0.904. The quantitative estimate of drug-likeness (QED) is 0.365. The van der Waals surface area contributed by atoms with Crippen LogP contribution in [0, 0.1) is 12.7 Å². The molecule has 8 heteroatoms. The van der Waals surface area contributed by atoms with Crippen molar-refractivity contribution >= 4 is 5.78 Å². The topological polar surface area (TPSA) is 77.9 Å². The van der Waals surface area contributed by atoms with Crippen LogP contribution >= 0.6 is 0 Å². The number of carbonyl (C=O) groups excluding carboxylic acids is 1. The van der Waals surface area contributed by atoms with Crippen LogP contribution in [0.5, 0.6) is 17.2 Å². The molecule has 186 valence electrons. The van der Waals surface area contributed by atoms with E-state index in [1.807, 2.05) is 0 Å². The summed E-state index contributed by atoms with van der Waals surface area (Å²) in [7, 11) is 2.95. The largest absolute Gasteiger partial charge is 0.494 e. The maximum atomic E-state index is 13.8. The van der Waals surface area contributed by atoms with Crippen LogP contribution in [0.15, 0.2) is 48.5 Å². The maximum absolute atomic E-state index is 13.8. The summed E-state index contributed by atoms with van der Waals surface area (Å²) in [5, 5.41) is 11.2. The molecule has 0 spiro atoms. The summed E-state index contributed by atoms with van der Waals surface area (Å²) in [5.74, 6) is 0.622. The van der Waals surface area contributed by atoms with Crippen molar-refractivity contribution in [2.24, 2.45) is 0 Å². The molecule has 1 heterocycles. The Kier molecular flexibility index (Phi) is 8.40. The zero-order chi connectivity index (χ0) is 25.6. The number of pyridine rings is 1. The van der Waals surface area contributed by atoms with Gasteiger partial charge in [0.2, 0.25) is 0 Å². The Balaban J connectivity index is 1.80. The fraction of sp³-hybridized carbons (Fsp3) is 0.333. The van der Waals surface area contributed by atoms with Crippen molar-refractivity contribution in [1.29, 1.82) is 0 Å². The van der Waals surface area contributed by atoms with Gasteiger partial charge in [-0.2, -0.15) is 0 Å². The number of carbonyl (C=O) groups is 1. The van der Waals surface area contributed by atoms with E-state index < -0.39 is 12.3 Å². The first-order valence-corrected chi connectivity index (χ1v) is 11.1. The predicted molar refractivity (Wildman–Crippen MR) is 129 cm³/mol. The number of ether oxygens (including phenoxy) is 3. The Labute approximate surface area is 203 Å². The van der Waals surface area contributed by atoms with E-state index >= 15 is 0 Å². The molecule has 0 amide bonds. The van der Waals surface area contributed by atoms with E-state index in [4.69, 9.17) is 14.2 Å². The average Bonchev–Trinajstić information content (AvgIpc) is 2.87. The third-order valence-electron chi connectivity index (χ3n) is 5.72. The first kappa shape index (κ1) is 26.1. The van der Waals surface area contributed by atoms with Gasteiger partial charge in [0.25, 0.3) is 0 Å². The van der Waals surface area contributed by atoms with Crippen molar-refractivity contribution in [2.45, 2.75) is 32.3 Å². The summed E-state index contributed by atoms with van der Waals surface area (Å²) < 4.78 is 42.1. The van der Waals surface area contributed by atoms with Gasteiger partial charge in [-0.15, -0.1) is 0 Å². The molecular weight excluding hydrogens is 456 g/mol. The number of nitrogens with zero attached hydrogens (tertiary/aromatic N) is 1. The summed E-state index contributed by atoms with van der Waals surface area (Å²) in [6.07, 6.45) is 0.148. The van der Waals surface area contributed by atoms with Crippen LogP contribution < -0.4 is 14.2 Å². The second kappa shape index (κ2) is 11.3. The molecule has 0 bridgehead atoms. The van der Waals surface area contributed by atoms with Gasteiger partial charge in [0.1, 0.15) is 36.1 Å². The van der Waals surface area contributed by atoms with Crippen LogP contribution in [-0.2, 0) is 5.60 Å². The lowest BCUT2D eigenvalue weighted by atomic mass is 9.92. The molecule has 0 unspecified atom stereocenters. The molecule has 0 radical (unpaired) electrons. The van der Waals surface area contributed by atoms with E-state index in [0.29, 0.717) is 45.3 Å². The highest BCUT2D eigenvalue weighted by Crippen LogP contribution is 2.34. The number of halogens is 2. The van der Waals surface area contributed by atoms with Gasteiger partial charge >= 0.3 is 0 Å². The number of rotatable bonds is 11. The normalized spacial score (nSPS) is 12.7. The zero-order valence-electron chi connectivity index (χ0n) is 20.2. The molecule has 3 rings (SSSR count). The molecule has 6 nitrogen and oxygen atoms in total. The second-order valence-electron chi connectivity index (χ2n) is 8.31. The first-order chi connectivity index (χ1) is 16.7. The lowest BCUT2D eigenvalue weighted by molar-refractivity contribution is 0.0397. The third-order valence-corrected chi connectivity index (χ3v) is 5.72. The summed E-state index contributed by atoms with van der Waals surface area (Å²) in [4.78, 5) is 17.4. The molecule has 2 aromatic carbocycles. The summed E-state index contributed by atoms with van der Waals surface area (Å²) in [6.45, 7) is 2.50. The molecule has 0 saturated heterocycles. The number of ketones is 1. The minimum Gasteiger partial charge on any atom is -0.494 e. The van der Waals surface area contributed by atoms with Crippen molar-refractivity contribution in [3.05, 3.63) is 71.2 Å². The molecule has 0 aliphatic heterocycles. The van der Waals surface area contributed by atoms with E-state index in [9.17, 15) is 18.7 Å². The number of benzene rings is 2. The van der Waals surface area contributed by atoms with Gasteiger partial charge in [0, 0.05) is 17.5 Å². The highest BCUT2D eigenvalue weighted by molar-refractivity contribution is 5.96. The zero-order valence-corrected chi connectivity index (χ0v) is 20.2. The fourth-order valence-electron chi connectivity index (χ4n) is 3.65. The molecule has 0 aliphatic carbocycles. The lowest BCUT2D eigenvalue weighted by Gasteiger charge is -2.24. The van der Waals surface area contributed by atoms with E-state index in [1.165, 1.54) is 26.4 Å². The standard InChI is InChI=1S/C27H29F2NO5/c1-17-15-19(5-7-20(17)29)26-23(33-3)9-10-25(30-26)27(2,32)12-11-21(31)18-6-8-22(35-14-13-28)24(16-18)34-4/h5-10,15-16,32H,11-14H2,1-4H3/t27-/m1/s1. The minimum atomic E-state index is -1.42. The summed E-state index contributed by atoms with van der Waals surface area (Å²) >= 11 is 0. The van der Waals surface area contributed by atoms with Gasteiger partial charge in [-0.1, -0.05) is 0 Å². The molecule has 0 fully saturated rings. The number of hydrogen-bond acceptors (Lipinski definition) is 6. The Morgan fingerprint density at radius 2 is 1.74 bits per heavy atom. The van der Waals surface area contributed by atoms with Crippen LogP contribution in [0.1, 0.15) is 41.4 Å². The highest BCUT2D eigenvalue weighted by atomic mass is 19.1. The van der Waals surface area contributed by atoms with Crippen molar-refractivity contribution in [1.82, 2.24) is 4.98 Å². The molecule has 1 atom stereocenters. The number of aliphatic hydroxyl groups is 1. The Morgan fingerprint density at radius 1 is 1.03 bits per heavy atom. The highest BCUT2D eigenvalue weighted by Gasteiger charge is 2.27. The molecular formula is C27H29F2NO5. The second-order valence-corrected chi connectivity index (χ2v) is 8.31. The van der Waals surface area contributed by atoms with Gasteiger partial charge in [-0.25, -0.2) is 13.8 Å². The number of Topliss-reactive ketones (excluding diaryl/α,β-unsaturated/α-hetero) is 1. The van der Waals surface area contributed by atoms with E-state index in [1.54, 1.807) is 50.2 Å². The number of aryl methyl sites for hydroxylation is 1. The minimum absolute atomic E-state index is 0.0412. The summed E-state index contributed by atoms with van der Waals surface area (Å²) in [6, 6.07) is 12.6. The van der Waals surface area contributed by atoms with Crippen LogP contribution in [0.25, 0.3) is 11.3 Å². The maximum Gasteiger partial charge on any atom is 0.163 e. The average molecular weight is 486 g/mol.